The summed E-state index contributed by atoms with van der Waals surface area (Å²) in [6, 6.07) is 12.9. The first-order valence-electron chi connectivity index (χ1n) is 8.92. The van der Waals surface area contributed by atoms with E-state index in [1.54, 1.807) is 30.0 Å². The highest BCUT2D eigenvalue weighted by Gasteiger charge is 2.14. The Morgan fingerprint density at radius 3 is 2.52 bits per heavy atom. The minimum absolute atomic E-state index is 0.0349. The molecule has 0 atom stereocenters. The SMILES string of the molecule is CSc1ccc(Oc2cc(OC(C)C)cc(C(=O)Nc3nc(CCl)cs3)c2)cc1. The standard InChI is InChI=1S/C21H21ClN2O3S2/c1-13(2)26-17-8-14(20(25)24-21-23-15(11-22)12-29-21)9-18(10-17)27-16-4-6-19(28-3)7-5-16/h4-10,12-13H,11H2,1-3H3,(H,23,24,25). The van der Waals surface area contributed by atoms with Crippen molar-refractivity contribution in [1.82, 2.24) is 4.98 Å². The molecular weight excluding hydrogens is 428 g/mol. The third-order valence-electron chi connectivity index (χ3n) is 3.72. The lowest BCUT2D eigenvalue weighted by Crippen LogP contribution is -2.13. The third-order valence-corrected chi connectivity index (χ3v) is 5.54. The van der Waals surface area contributed by atoms with Crippen molar-refractivity contribution < 1.29 is 14.3 Å². The zero-order chi connectivity index (χ0) is 20.8. The molecule has 0 aliphatic rings. The molecule has 1 aromatic heterocycles. The second-order valence-electron chi connectivity index (χ2n) is 6.37. The summed E-state index contributed by atoms with van der Waals surface area (Å²) in [5, 5.41) is 5.11. The van der Waals surface area contributed by atoms with Crippen LogP contribution < -0.4 is 14.8 Å². The number of nitrogens with zero attached hydrogens (tertiary/aromatic N) is 1. The predicted octanol–water partition coefficient (Wildman–Crippen LogP) is 6.44. The van der Waals surface area contributed by atoms with Gasteiger partial charge in [-0.25, -0.2) is 4.98 Å². The van der Waals surface area contributed by atoms with E-state index < -0.39 is 0 Å². The summed E-state index contributed by atoms with van der Waals surface area (Å²) in [6.45, 7) is 3.86. The molecule has 0 aliphatic heterocycles. The van der Waals surface area contributed by atoms with Crippen LogP contribution in [0.4, 0.5) is 5.13 Å². The van der Waals surface area contributed by atoms with Crippen LogP contribution in [0.25, 0.3) is 0 Å². The molecule has 0 unspecified atom stereocenters. The number of rotatable bonds is 8. The van der Waals surface area contributed by atoms with Gasteiger partial charge in [0, 0.05) is 21.9 Å². The molecule has 0 bridgehead atoms. The van der Waals surface area contributed by atoms with E-state index in [2.05, 4.69) is 10.3 Å². The number of hydrogen-bond donors (Lipinski definition) is 1. The highest BCUT2D eigenvalue weighted by molar-refractivity contribution is 7.98. The number of carbonyl (C=O) groups excluding carboxylic acids is 1. The normalized spacial score (nSPS) is 10.8. The zero-order valence-corrected chi connectivity index (χ0v) is 18.7. The monoisotopic (exact) mass is 448 g/mol. The summed E-state index contributed by atoms with van der Waals surface area (Å²) in [7, 11) is 0. The fourth-order valence-electron chi connectivity index (χ4n) is 2.48. The zero-order valence-electron chi connectivity index (χ0n) is 16.3. The summed E-state index contributed by atoms with van der Waals surface area (Å²) in [4.78, 5) is 18.2. The average Bonchev–Trinajstić information content (AvgIpc) is 3.15. The Hall–Kier alpha value is -2.22. The molecule has 0 saturated heterocycles. The summed E-state index contributed by atoms with van der Waals surface area (Å²) in [5.41, 5.74) is 1.14. The van der Waals surface area contributed by atoms with E-state index in [9.17, 15) is 4.79 Å². The van der Waals surface area contributed by atoms with Crippen molar-refractivity contribution in [3.63, 3.8) is 0 Å². The summed E-state index contributed by atoms with van der Waals surface area (Å²) in [5.74, 6) is 1.77. The number of thioether (sulfide) groups is 1. The summed E-state index contributed by atoms with van der Waals surface area (Å²) >= 11 is 8.77. The number of carbonyl (C=O) groups is 1. The Morgan fingerprint density at radius 1 is 1.17 bits per heavy atom. The number of ether oxygens (including phenoxy) is 2. The van der Waals surface area contributed by atoms with Crippen molar-refractivity contribution in [2.24, 2.45) is 0 Å². The highest BCUT2D eigenvalue weighted by Crippen LogP contribution is 2.30. The molecule has 0 saturated carbocycles. The third kappa shape index (κ3) is 6.13. The van der Waals surface area contributed by atoms with Gasteiger partial charge in [0.2, 0.25) is 0 Å². The molecule has 0 aliphatic carbocycles. The van der Waals surface area contributed by atoms with Crippen molar-refractivity contribution in [1.29, 1.82) is 0 Å². The Labute approximate surface area is 183 Å². The van der Waals surface area contributed by atoms with E-state index >= 15 is 0 Å². The number of alkyl halides is 1. The van der Waals surface area contributed by atoms with Crippen molar-refractivity contribution in [3.05, 3.63) is 59.1 Å². The van der Waals surface area contributed by atoms with E-state index in [0.29, 0.717) is 33.8 Å². The maximum absolute atomic E-state index is 12.7. The van der Waals surface area contributed by atoms with Crippen LogP contribution in [0.1, 0.15) is 29.9 Å². The molecule has 3 aromatic rings. The van der Waals surface area contributed by atoms with Crippen molar-refractivity contribution in [3.8, 4) is 17.2 Å². The maximum Gasteiger partial charge on any atom is 0.257 e. The highest BCUT2D eigenvalue weighted by atomic mass is 35.5. The number of nitrogens with one attached hydrogen (secondary N) is 1. The molecular formula is C21H21ClN2O3S2. The molecule has 2 aromatic carbocycles. The van der Waals surface area contributed by atoms with E-state index in [1.807, 2.05) is 49.7 Å². The Bertz CT molecular complexity index is 974. The number of halogens is 1. The number of amides is 1. The van der Waals surface area contributed by atoms with Crippen LogP contribution in [-0.2, 0) is 5.88 Å². The van der Waals surface area contributed by atoms with Crippen LogP contribution in [0.5, 0.6) is 17.2 Å². The minimum Gasteiger partial charge on any atom is -0.491 e. The average molecular weight is 449 g/mol. The molecule has 152 valence electrons. The lowest BCUT2D eigenvalue weighted by molar-refractivity contribution is 0.102. The topological polar surface area (TPSA) is 60.5 Å². The van der Waals surface area contributed by atoms with Crippen LogP contribution in [0.15, 0.2) is 52.7 Å². The molecule has 29 heavy (non-hydrogen) atoms. The van der Waals surface area contributed by atoms with Crippen molar-refractivity contribution >= 4 is 45.7 Å². The van der Waals surface area contributed by atoms with E-state index in [1.165, 1.54) is 11.3 Å². The molecule has 1 amide bonds. The largest absolute Gasteiger partial charge is 0.491 e. The molecule has 0 radical (unpaired) electrons. The van der Waals surface area contributed by atoms with Crippen molar-refractivity contribution in [2.45, 2.75) is 30.7 Å². The predicted molar refractivity (Wildman–Crippen MR) is 120 cm³/mol. The van der Waals surface area contributed by atoms with Crippen LogP contribution in [0.2, 0.25) is 0 Å². The van der Waals surface area contributed by atoms with Gasteiger partial charge in [0.15, 0.2) is 5.13 Å². The lowest BCUT2D eigenvalue weighted by atomic mass is 10.2. The molecule has 0 spiro atoms. The second kappa shape index (κ2) is 10.0. The van der Waals surface area contributed by atoms with Crippen LogP contribution >= 0.6 is 34.7 Å². The van der Waals surface area contributed by atoms with Gasteiger partial charge in [-0.15, -0.1) is 34.7 Å². The molecule has 1 heterocycles. The first-order chi connectivity index (χ1) is 14.0. The van der Waals surface area contributed by atoms with Gasteiger partial charge >= 0.3 is 0 Å². The number of aromatic nitrogens is 1. The van der Waals surface area contributed by atoms with Gasteiger partial charge in [-0.05, 0) is 56.5 Å². The maximum atomic E-state index is 12.7. The van der Waals surface area contributed by atoms with Crippen LogP contribution in [0.3, 0.4) is 0 Å². The van der Waals surface area contributed by atoms with Gasteiger partial charge in [0.1, 0.15) is 17.2 Å². The second-order valence-corrected chi connectivity index (χ2v) is 8.37. The molecule has 8 heteroatoms. The lowest BCUT2D eigenvalue weighted by Gasteiger charge is -2.14. The number of hydrogen-bond acceptors (Lipinski definition) is 6. The number of anilines is 1. The molecule has 3 rings (SSSR count). The van der Waals surface area contributed by atoms with Gasteiger partial charge in [-0.2, -0.15) is 0 Å². The minimum atomic E-state index is -0.294. The number of benzene rings is 2. The Balaban J connectivity index is 1.84. The van der Waals surface area contributed by atoms with Gasteiger partial charge in [-0.3, -0.25) is 10.1 Å². The number of thiazole rings is 1. The van der Waals surface area contributed by atoms with Crippen LogP contribution in [0, 0.1) is 0 Å². The van der Waals surface area contributed by atoms with E-state index in [4.69, 9.17) is 21.1 Å². The van der Waals surface area contributed by atoms with E-state index in [-0.39, 0.29) is 12.0 Å². The van der Waals surface area contributed by atoms with Gasteiger partial charge in [-0.1, -0.05) is 0 Å². The van der Waals surface area contributed by atoms with Crippen molar-refractivity contribution in [2.75, 3.05) is 11.6 Å². The quantitative estimate of drug-likeness (QED) is 0.317. The summed E-state index contributed by atoms with van der Waals surface area (Å²) in [6.07, 6.45) is 1.98. The first kappa shape index (κ1) is 21.5. The first-order valence-corrected chi connectivity index (χ1v) is 11.6. The van der Waals surface area contributed by atoms with Crippen LogP contribution in [-0.4, -0.2) is 23.3 Å². The fourth-order valence-corrected chi connectivity index (χ4v) is 3.82. The fraction of sp³-hybridized carbons (Fsp3) is 0.238. The van der Waals surface area contributed by atoms with E-state index in [0.717, 1.165) is 10.6 Å². The molecule has 1 N–H and O–H groups in total. The van der Waals surface area contributed by atoms with Gasteiger partial charge < -0.3 is 9.47 Å². The molecule has 5 nitrogen and oxygen atoms in total. The smallest absolute Gasteiger partial charge is 0.257 e. The van der Waals surface area contributed by atoms with Gasteiger partial charge in [0.05, 0.1) is 17.7 Å². The van der Waals surface area contributed by atoms with Gasteiger partial charge in [0.25, 0.3) is 5.91 Å². The molecule has 0 fully saturated rings. The Kier molecular flexibility index (Phi) is 7.41. The Morgan fingerprint density at radius 2 is 1.90 bits per heavy atom. The summed E-state index contributed by atoms with van der Waals surface area (Å²) < 4.78 is 11.8.